The third-order valence-electron chi connectivity index (χ3n) is 3.24. The van der Waals surface area contributed by atoms with Crippen LogP contribution in [0.1, 0.15) is 12.0 Å². The van der Waals surface area contributed by atoms with E-state index in [0.29, 0.717) is 12.5 Å². The maximum atomic E-state index is 8.73. The average Bonchev–Trinajstić information content (AvgIpc) is 2.40. The van der Waals surface area contributed by atoms with Gasteiger partial charge in [-0.2, -0.15) is 5.26 Å². The summed E-state index contributed by atoms with van der Waals surface area (Å²) in [5.74, 6) is 0.890. The fourth-order valence-electron chi connectivity index (χ4n) is 2.27. The third kappa shape index (κ3) is 3.46. The molecule has 1 aromatic carbocycles. The second kappa shape index (κ2) is 6.39. The molecule has 1 N–H and O–H groups in total. The van der Waals surface area contributed by atoms with Gasteiger partial charge in [0.2, 0.25) is 0 Å². The van der Waals surface area contributed by atoms with E-state index < -0.39 is 0 Å². The Balaban J connectivity index is 1.90. The Hall–Kier alpha value is -1.57. The van der Waals surface area contributed by atoms with Crippen molar-refractivity contribution in [2.24, 2.45) is 0 Å². The SMILES string of the molecule is COc1ccc(CN2CCNC(CC#N)C2)cc1. The maximum Gasteiger partial charge on any atom is 0.118 e. The molecule has 0 aliphatic carbocycles. The van der Waals surface area contributed by atoms with Gasteiger partial charge in [-0.05, 0) is 17.7 Å². The van der Waals surface area contributed by atoms with Crippen LogP contribution in [0.2, 0.25) is 0 Å². The molecule has 96 valence electrons. The van der Waals surface area contributed by atoms with Crippen molar-refractivity contribution in [2.75, 3.05) is 26.7 Å². The molecule has 1 unspecified atom stereocenters. The van der Waals surface area contributed by atoms with Crippen molar-refractivity contribution in [1.29, 1.82) is 5.26 Å². The number of hydrogen-bond donors (Lipinski definition) is 1. The Bertz CT molecular complexity index is 410. The quantitative estimate of drug-likeness (QED) is 0.870. The predicted octanol–water partition coefficient (Wildman–Crippen LogP) is 1.38. The van der Waals surface area contributed by atoms with Gasteiger partial charge in [0.05, 0.1) is 19.6 Å². The smallest absolute Gasteiger partial charge is 0.118 e. The van der Waals surface area contributed by atoms with Crippen LogP contribution in [0, 0.1) is 11.3 Å². The molecule has 1 heterocycles. The number of ether oxygens (including phenoxy) is 1. The van der Waals surface area contributed by atoms with Crippen LogP contribution >= 0.6 is 0 Å². The van der Waals surface area contributed by atoms with E-state index in [2.05, 4.69) is 28.4 Å². The second-order valence-corrected chi connectivity index (χ2v) is 4.60. The summed E-state index contributed by atoms with van der Waals surface area (Å²) in [6, 6.07) is 10.7. The van der Waals surface area contributed by atoms with Crippen molar-refractivity contribution in [3.05, 3.63) is 29.8 Å². The Labute approximate surface area is 108 Å². The Morgan fingerprint density at radius 2 is 2.22 bits per heavy atom. The molecule has 0 bridgehead atoms. The number of methoxy groups -OCH3 is 1. The summed E-state index contributed by atoms with van der Waals surface area (Å²) in [5.41, 5.74) is 1.29. The van der Waals surface area contributed by atoms with Crippen molar-refractivity contribution in [3.8, 4) is 11.8 Å². The average molecular weight is 245 g/mol. The van der Waals surface area contributed by atoms with Gasteiger partial charge in [-0.1, -0.05) is 12.1 Å². The molecule has 4 heteroatoms. The van der Waals surface area contributed by atoms with E-state index in [1.54, 1.807) is 7.11 Å². The highest BCUT2D eigenvalue weighted by Crippen LogP contribution is 2.14. The standard InChI is InChI=1S/C14H19N3O/c1-18-14-4-2-12(3-5-14)10-17-9-8-16-13(11-17)6-7-15/h2-5,13,16H,6,8-11H2,1H3. The first-order valence-electron chi connectivity index (χ1n) is 6.27. The minimum atomic E-state index is 0.307. The van der Waals surface area contributed by atoms with Crippen LogP contribution in [0.25, 0.3) is 0 Å². The zero-order chi connectivity index (χ0) is 12.8. The molecule has 4 nitrogen and oxygen atoms in total. The van der Waals surface area contributed by atoms with Gasteiger partial charge in [-0.15, -0.1) is 0 Å². The first-order valence-corrected chi connectivity index (χ1v) is 6.27. The fraction of sp³-hybridized carbons (Fsp3) is 0.500. The van der Waals surface area contributed by atoms with Crippen LogP contribution in [0.4, 0.5) is 0 Å². The summed E-state index contributed by atoms with van der Waals surface area (Å²) in [7, 11) is 1.68. The van der Waals surface area contributed by atoms with Crippen LogP contribution in [0.3, 0.4) is 0 Å². The first kappa shape index (κ1) is 12.9. The topological polar surface area (TPSA) is 48.3 Å². The molecule has 1 saturated heterocycles. The van der Waals surface area contributed by atoms with Gasteiger partial charge >= 0.3 is 0 Å². The number of nitrogens with one attached hydrogen (secondary N) is 1. The van der Waals surface area contributed by atoms with E-state index in [9.17, 15) is 0 Å². The number of benzene rings is 1. The summed E-state index contributed by atoms with van der Waals surface area (Å²) in [4.78, 5) is 2.39. The largest absolute Gasteiger partial charge is 0.497 e. The normalized spacial score (nSPS) is 20.3. The third-order valence-corrected chi connectivity index (χ3v) is 3.24. The van der Waals surface area contributed by atoms with Crippen molar-refractivity contribution in [1.82, 2.24) is 10.2 Å². The molecule has 0 saturated carbocycles. The van der Waals surface area contributed by atoms with Crippen LogP contribution < -0.4 is 10.1 Å². The van der Waals surface area contributed by atoms with Crippen LogP contribution in [0.15, 0.2) is 24.3 Å². The van der Waals surface area contributed by atoms with Gasteiger partial charge in [0.25, 0.3) is 0 Å². The minimum absolute atomic E-state index is 0.307. The molecule has 1 aliphatic heterocycles. The lowest BCUT2D eigenvalue weighted by Gasteiger charge is -2.32. The van der Waals surface area contributed by atoms with Gasteiger partial charge in [0.1, 0.15) is 5.75 Å². The lowest BCUT2D eigenvalue weighted by Crippen LogP contribution is -2.49. The van der Waals surface area contributed by atoms with Crippen molar-refractivity contribution < 1.29 is 4.74 Å². The summed E-state index contributed by atoms with van der Waals surface area (Å²) < 4.78 is 5.15. The zero-order valence-electron chi connectivity index (χ0n) is 10.7. The second-order valence-electron chi connectivity index (χ2n) is 4.60. The zero-order valence-corrected chi connectivity index (χ0v) is 10.7. The highest BCUT2D eigenvalue weighted by atomic mass is 16.5. The fourth-order valence-corrected chi connectivity index (χ4v) is 2.27. The summed E-state index contributed by atoms with van der Waals surface area (Å²) in [6.45, 7) is 3.88. The highest BCUT2D eigenvalue weighted by molar-refractivity contribution is 5.27. The van der Waals surface area contributed by atoms with E-state index in [-0.39, 0.29) is 0 Å². The molecule has 0 amide bonds. The number of piperazine rings is 1. The molecule has 1 atom stereocenters. The minimum Gasteiger partial charge on any atom is -0.497 e. The van der Waals surface area contributed by atoms with Gasteiger partial charge in [0.15, 0.2) is 0 Å². The van der Waals surface area contributed by atoms with Crippen LogP contribution in [-0.4, -0.2) is 37.7 Å². The molecular formula is C14H19N3O. The molecule has 1 aliphatic rings. The molecule has 1 aromatic rings. The van der Waals surface area contributed by atoms with Crippen molar-refractivity contribution in [2.45, 2.75) is 19.0 Å². The Morgan fingerprint density at radius 3 is 2.89 bits per heavy atom. The molecule has 0 radical (unpaired) electrons. The predicted molar refractivity (Wildman–Crippen MR) is 70.3 cm³/mol. The number of nitrogens with zero attached hydrogens (tertiary/aromatic N) is 2. The van der Waals surface area contributed by atoms with Crippen LogP contribution in [-0.2, 0) is 6.54 Å². The number of hydrogen-bond acceptors (Lipinski definition) is 4. The molecular weight excluding hydrogens is 226 g/mol. The highest BCUT2D eigenvalue weighted by Gasteiger charge is 2.18. The van der Waals surface area contributed by atoms with Gasteiger partial charge in [-0.25, -0.2) is 0 Å². The molecule has 18 heavy (non-hydrogen) atoms. The molecule has 1 fully saturated rings. The Morgan fingerprint density at radius 1 is 1.44 bits per heavy atom. The van der Waals surface area contributed by atoms with Gasteiger partial charge in [0, 0.05) is 32.2 Å². The summed E-state index contributed by atoms with van der Waals surface area (Å²) in [5, 5.41) is 12.1. The molecule has 0 aromatic heterocycles. The lowest BCUT2D eigenvalue weighted by atomic mass is 10.1. The lowest BCUT2D eigenvalue weighted by molar-refractivity contribution is 0.193. The number of rotatable bonds is 4. The summed E-state index contributed by atoms with van der Waals surface area (Å²) >= 11 is 0. The van der Waals surface area contributed by atoms with Crippen LogP contribution in [0.5, 0.6) is 5.75 Å². The van der Waals surface area contributed by atoms with E-state index in [0.717, 1.165) is 31.9 Å². The van der Waals surface area contributed by atoms with E-state index in [1.165, 1.54) is 5.56 Å². The monoisotopic (exact) mass is 245 g/mol. The van der Waals surface area contributed by atoms with Gasteiger partial charge in [-0.3, -0.25) is 4.90 Å². The van der Waals surface area contributed by atoms with E-state index in [1.807, 2.05) is 12.1 Å². The van der Waals surface area contributed by atoms with Crippen molar-refractivity contribution >= 4 is 0 Å². The summed E-state index contributed by atoms with van der Waals surface area (Å²) in [6.07, 6.45) is 0.582. The maximum absolute atomic E-state index is 8.73. The van der Waals surface area contributed by atoms with Crippen molar-refractivity contribution in [3.63, 3.8) is 0 Å². The Kier molecular flexibility index (Phi) is 4.57. The molecule has 0 spiro atoms. The number of nitriles is 1. The van der Waals surface area contributed by atoms with E-state index in [4.69, 9.17) is 10.00 Å². The first-order chi connectivity index (χ1) is 8.81. The van der Waals surface area contributed by atoms with Gasteiger partial charge < -0.3 is 10.1 Å². The van der Waals surface area contributed by atoms with E-state index >= 15 is 0 Å². The molecule has 2 rings (SSSR count).